The van der Waals surface area contributed by atoms with E-state index in [-0.39, 0.29) is 5.92 Å². The Bertz CT molecular complexity index is 1520. The molecule has 0 aromatic heterocycles. The molecule has 0 atom stereocenters. The quantitative estimate of drug-likeness (QED) is 0.0591. The van der Waals surface area contributed by atoms with E-state index < -0.39 is 6.09 Å². The van der Waals surface area contributed by atoms with Crippen LogP contribution in [-0.4, -0.2) is 171 Å². The number of ether oxygens (including phenoxy) is 13. The van der Waals surface area contributed by atoms with Crippen LogP contribution >= 0.6 is 0 Å². The Hall–Kier alpha value is -3.91. The Labute approximate surface area is 366 Å². The van der Waals surface area contributed by atoms with Gasteiger partial charge in [-0.15, -0.1) is 0 Å². The van der Waals surface area contributed by atoms with Gasteiger partial charge in [0.05, 0.1) is 144 Å². The fourth-order valence-corrected chi connectivity index (χ4v) is 6.14. The smallest absolute Gasteiger partial charge is 0.407 e. The third-order valence-electron chi connectivity index (χ3n) is 9.20. The van der Waals surface area contributed by atoms with E-state index in [1.54, 1.807) is 6.07 Å². The lowest BCUT2D eigenvalue weighted by atomic mass is 9.98. The van der Waals surface area contributed by atoms with Crippen LogP contribution in [0, 0.1) is 0 Å². The molecule has 1 amide bonds. The summed E-state index contributed by atoms with van der Waals surface area (Å²) >= 11 is 0. The lowest BCUT2D eigenvalue weighted by Gasteiger charge is -2.14. The first-order chi connectivity index (χ1) is 30.7. The molecular weight excluding hydrogens is 805 g/mol. The van der Waals surface area contributed by atoms with Gasteiger partial charge in [0.1, 0.15) is 19.0 Å². The van der Waals surface area contributed by atoms with Crippen LogP contribution in [0.15, 0.2) is 72.8 Å². The molecular formula is C46H68N2O14. The second-order valence-electron chi connectivity index (χ2n) is 13.7. The van der Waals surface area contributed by atoms with E-state index in [1.807, 2.05) is 42.5 Å². The van der Waals surface area contributed by atoms with Crippen LogP contribution in [-0.2, 0) is 56.8 Å². The summed E-state index contributed by atoms with van der Waals surface area (Å²) in [6.07, 6.45) is 0.264. The molecule has 3 aromatic carbocycles. The normalized spacial score (nSPS) is 12.1. The second-order valence-corrected chi connectivity index (χ2v) is 13.7. The topological polar surface area (TPSA) is 175 Å². The van der Waals surface area contributed by atoms with Gasteiger partial charge in [-0.3, -0.25) is 0 Å². The van der Waals surface area contributed by atoms with Crippen molar-refractivity contribution in [1.82, 2.24) is 5.32 Å². The molecule has 0 unspecified atom stereocenters. The Morgan fingerprint density at radius 1 is 0.435 bits per heavy atom. The third-order valence-corrected chi connectivity index (χ3v) is 9.20. The van der Waals surface area contributed by atoms with Crippen LogP contribution in [0.25, 0.3) is 11.1 Å². The average molecular weight is 873 g/mol. The Morgan fingerprint density at radius 2 is 0.774 bits per heavy atom. The van der Waals surface area contributed by atoms with Crippen LogP contribution in [0.1, 0.15) is 23.5 Å². The molecule has 3 N–H and O–H groups in total. The molecule has 346 valence electrons. The van der Waals surface area contributed by atoms with Gasteiger partial charge in [0.15, 0.2) is 0 Å². The van der Waals surface area contributed by atoms with Gasteiger partial charge in [0.2, 0.25) is 0 Å². The number of para-hydroxylation sites is 2. The van der Waals surface area contributed by atoms with Gasteiger partial charge in [0.25, 0.3) is 0 Å². The molecule has 0 aliphatic heterocycles. The molecule has 0 radical (unpaired) electrons. The standard InChI is InChI=1S/C46H68N2O14/c47-44-12-5-6-13-45(44)61-37-36-60-35-34-59-33-32-58-31-30-57-29-28-56-27-26-55-25-24-54-23-22-53-21-20-52-19-18-51-17-16-50-15-7-14-48-46(49)62-38-43-41-10-3-1-8-39(41)40-9-2-4-11-42(40)43/h1-6,8-13,43H,7,14-38,47H2,(H,48,49). The van der Waals surface area contributed by atoms with Crippen molar-refractivity contribution in [2.24, 2.45) is 0 Å². The maximum Gasteiger partial charge on any atom is 0.407 e. The van der Waals surface area contributed by atoms with Gasteiger partial charge >= 0.3 is 6.09 Å². The lowest BCUT2D eigenvalue weighted by Crippen LogP contribution is -2.27. The summed E-state index contributed by atoms with van der Waals surface area (Å²) in [6.45, 7) is 11.9. The molecule has 0 saturated heterocycles. The number of amides is 1. The lowest BCUT2D eigenvalue weighted by molar-refractivity contribution is -0.0277. The monoisotopic (exact) mass is 872 g/mol. The van der Waals surface area contributed by atoms with Crippen LogP contribution in [0.4, 0.5) is 10.5 Å². The molecule has 1 aliphatic carbocycles. The molecule has 3 aromatic rings. The van der Waals surface area contributed by atoms with Crippen LogP contribution in [0.5, 0.6) is 5.75 Å². The summed E-state index contributed by atoms with van der Waals surface area (Å²) in [5, 5.41) is 2.81. The Balaban J connectivity index is 0.761. The van der Waals surface area contributed by atoms with Gasteiger partial charge < -0.3 is 72.6 Å². The highest BCUT2D eigenvalue weighted by Gasteiger charge is 2.29. The predicted octanol–water partition coefficient (Wildman–Crippen LogP) is 4.76. The van der Waals surface area contributed by atoms with Gasteiger partial charge in [0, 0.05) is 19.1 Å². The second kappa shape index (κ2) is 34.6. The van der Waals surface area contributed by atoms with Crippen molar-refractivity contribution < 1.29 is 66.4 Å². The minimum absolute atomic E-state index is 0.0461. The number of hydrogen-bond donors (Lipinski definition) is 2. The van der Waals surface area contributed by atoms with Crippen LogP contribution in [0.2, 0.25) is 0 Å². The minimum atomic E-state index is -0.417. The van der Waals surface area contributed by atoms with Crippen LogP contribution in [0.3, 0.4) is 0 Å². The third kappa shape index (κ3) is 22.4. The van der Waals surface area contributed by atoms with E-state index in [4.69, 9.17) is 67.3 Å². The number of nitrogens with two attached hydrogens (primary N) is 1. The minimum Gasteiger partial charge on any atom is -0.489 e. The van der Waals surface area contributed by atoms with E-state index in [0.717, 1.165) is 0 Å². The number of fused-ring (bicyclic) bond motifs is 3. The molecule has 0 fully saturated rings. The summed E-state index contributed by atoms with van der Waals surface area (Å²) in [7, 11) is 0. The van der Waals surface area contributed by atoms with E-state index in [1.165, 1.54) is 22.3 Å². The summed E-state index contributed by atoms with van der Waals surface area (Å²) in [5.41, 5.74) is 11.2. The van der Waals surface area contributed by atoms with E-state index in [9.17, 15) is 4.79 Å². The predicted molar refractivity (Wildman–Crippen MR) is 233 cm³/mol. The molecule has 0 spiro atoms. The van der Waals surface area contributed by atoms with Gasteiger partial charge in [-0.2, -0.15) is 0 Å². The summed E-state index contributed by atoms with van der Waals surface area (Å²) in [4.78, 5) is 12.3. The first kappa shape index (κ1) is 50.7. The molecule has 62 heavy (non-hydrogen) atoms. The van der Waals surface area contributed by atoms with Crippen molar-refractivity contribution in [3.05, 3.63) is 83.9 Å². The first-order valence-corrected chi connectivity index (χ1v) is 21.7. The van der Waals surface area contributed by atoms with E-state index >= 15 is 0 Å². The van der Waals surface area contributed by atoms with Crippen molar-refractivity contribution >= 4 is 11.8 Å². The highest BCUT2D eigenvalue weighted by molar-refractivity contribution is 5.79. The first-order valence-electron chi connectivity index (χ1n) is 21.7. The van der Waals surface area contributed by atoms with Gasteiger partial charge in [-0.25, -0.2) is 4.79 Å². The molecule has 16 heteroatoms. The number of nitrogen functional groups attached to an aromatic ring is 1. The highest BCUT2D eigenvalue weighted by Crippen LogP contribution is 2.44. The van der Waals surface area contributed by atoms with Crippen molar-refractivity contribution in [2.45, 2.75) is 12.3 Å². The fraction of sp³-hybridized carbons (Fsp3) is 0.587. The summed E-state index contributed by atoms with van der Waals surface area (Å²) in [6, 6.07) is 23.9. The molecule has 16 nitrogen and oxygen atoms in total. The number of nitrogens with one attached hydrogen (secondary N) is 1. The maximum atomic E-state index is 12.3. The number of hydrogen-bond acceptors (Lipinski definition) is 15. The Kier molecular flexibility index (Phi) is 28.3. The number of carbonyl (C=O) groups is 1. The maximum absolute atomic E-state index is 12.3. The highest BCUT2D eigenvalue weighted by atomic mass is 16.6. The fourth-order valence-electron chi connectivity index (χ4n) is 6.14. The number of carbonyl (C=O) groups excluding carboxylic acids is 1. The molecule has 0 heterocycles. The zero-order valence-corrected chi connectivity index (χ0v) is 36.2. The van der Waals surface area contributed by atoms with E-state index in [2.05, 4.69) is 29.6 Å². The number of alkyl carbamates (subject to hydrolysis) is 1. The van der Waals surface area contributed by atoms with Crippen molar-refractivity contribution in [1.29, 1.82) is 0 Å². The number of anilines is 1. The van der Waals surface area contributed by atoms with Gasteiger partial charge in [-0.05, 0) is 40.8 Å². The number of benzene rings is 3. The average Bonchev–Trinajstić information content (AvgIpc) is 3.61. The molecule has 1 aliphatic rings. The summed E-state index contributed by atoms with van der Waals surface area (Å²) < 4.78 is 71.8. The Morgan fingerprint density at radius 3 is 1.18 bits per heavy atom. The van der Waals surface area contributed by atoms with Crippen molar-refractivity contribution in [2.75, 3.05) is 171 Å². The molecule has 4 rings (SSSR count). The van der Waals surface area contributed by atoms with Crippen molar-refractivity contribution in [3.8, 4) is 16.9 Å². The summed E-state index contributed by atoms with van der Waals surface area (Å²) in [5.74, 6) is 0.710. The zero-order chi connectivity index (χ0) is 43.4. The van der Waals surface area contributed by atoms with Gasteiger partial charge in [-0.1, -0.05) is 60.7 Å². The van der Waals surface area contributed by atoms with E-state index in [0.29, 0.717) is 183 Å². The SMILES string of the molecule is Nc1ccccc1OCCOCCOCCOCCOCCOCCOCCOCCOCCOCCOCCOCCCNC(=O)OCC1c2ccccc2-c2ccccc21. The zero-order valence-electron chi connectivity index (χ0n) is 36.2. The molecule has 0 bridgehead atoms. The molecule has 0 saturated carbocycles. The van der Waals surface area contributed by atoms with Crippen molar-refractivity contribution in [3.63, 3.8) is 0 Å². The van der Waals surface area contributed by atoms with Crippen LogP contribution < -0.4 is 15.8 Å². The number of rotatable bonds is 40. The largest absolute Gasteiger partial charge is 0.489 e.